The van der Waals surface area contributed by atoms with Crippen LogP contribution in [0.2, 0.25) is 0 Å². The number of Topliss-reactive ketones (excluding diaryl/α,β-unsaturated/α-hetero) is 1. The number of hydrazine groups is 1. The number of benzene rings is 1. The Morgan fingerprint density at radius 3 is 2.86 bits per heavy atom. The van der Waals surface area contributed by atoms with Crippen LogP contribution in [-0.2, 0) is 4.79 Å². The van der Waals surface area contributed by atoms with Crippen LogP contribution < -0.4 is 30.6 Å². The summed E-state index contributed by atoms with van der Waals surface area (Å²) in [4.78, 5) is 36.8. The van der Waals surface area contributed by atoms with Gasteiger partial charge in [0.1, 0.15) is 16.6 Å². The molecule has 3 aliphatic rings. The molecule has 3 fully saturated rings. The minimum absolute atomic E-state index is 0.0340. The van der Waals surface area contributed by atoms with Crippen molar-refractivity contribution in [1.82, 2.24) is 25.6 Å². The summed E-state index contributed by atoms with van der Waals surface area (Å²) < 4.78 is 5.33. The van der Waals surface area contributed by atoms with Crippen LogP contribution in [0.3, 0.4) is 0 Å². The van der Waals surface area contributed by atoms with E-state index in [0.29, 0.717) is 18.8 Å². The molecular weight excluding hydrogens is 492 g/mol. The number of likely N-dealkylation sites (N-methyl/N-ethyl adjacent to an activating group) is 1. The summed E-state index contributed by atoms with van der Waals surface area (Å²) in [7, 11) is 3.46. The fourth-order valence-electron chi connectivity index (χ4n) is 4.88. The lowest BCUT2D eigenvalue weighted by Gasteiger charge is -2.38. The van der Waals surface area contributed by atoms with Crippen molar-refractivity contribution in [3.05, 3.63) is 42.7 Å². The molecule has 3 aliphatic heterocycles. The Kier molecular flexibility index (Phi) is 7.99. The second-order valence-electron chi connectivity index (χ2n) is 9.21. The summed E-state index contributed by atoms with van der Waals surface area (Å²) in [5.74, 6) is 0.745. The number of hydrogen-bond acceptors (Lipinski definition) is 10. The lowest BCUT2D eigenvalue weighted by molar-refractivity contribution is -0.119. The van der Waals surface area contributed by atoms with Gasteiger partial charge in [-0.2, -0.15) is 0 Å². The number of nitrogens with zero attached hydrogens (tertiary/aromatic N) is 5. The Hall–Kier alpha value is -3.06. The van der Waals surface area contributed by atoms with E-state index < -0.39 is 5.37 Å². The highest BCUT2D eigenvalue weighted by Gasteiger charge is 2.41. The van der Waals surface area contributed by atoms with Crippen LogP contribution in [0.4, 0.5) is 21.9 Å². The Morgan fingerprint density at radius 2 is 2.05 bits per heavy atom. The Morgan fingerprint density at radius 1 is 1.22 bits per heavy atom. The molecule has 0 radical (unpaired) electrons. The topological polar surface area (TPSA) is 105 Å². The standard InChI is InChI=1S/C25H34N8O3S/c1-30-23(22(34)17-28-20-16-27-8-7-21(20)31-13-9-26-10-14-31)37-24(29-30)33-12-4-11-32(25(33)35)18-5-3-6-19(15-18)36-2/h3,5-8,15-16,23-24,26,28-29H,4,9-14,17H2,1-2H3. The summed E-state index contributed by atoms with van der Waals surface area (Å²) in [5.41, 5.74) is 5.71. The maximum Gasteiger partial charge on any atom is 0.326 e. The number of aromatic nitrogens is 1. The smallest absolute Gasteiger partial charge is 0.326 e. The van der Waals surface area contributed by atoms with Crippen molar-refractivity contribution in [1.29, 1.82) is 0 Å². The molecule has 1 aromatic carbocycles. The molecule has 2 unspecified atom stereocenters. The Bertz CT molecular complexity index is 1110. The summed E-state index contributed by atoms with van der Waals surface area (Å²) in [5, 5.41) is 8.06. The lowest BCUT2D eigenvalue weighted by Crippen LogP contribution is -2.56. The first kappa shape index (κ1) is 25.6. The number of urea groups is 1. The van der Waals surface area contributed by atoms with Gasteiger partial charge in [0.25, 0.3) is 0 Å². The molecule has 3 N–H and O–H groups in total. The SMILES string of the molecule is COc1cccc(N2CCCN(C3NN(C)C(C(=O)CNc4cnccc4N4CCNCC4)S3)C2=O)c1. The van der Waals surface area contributed by atoms with Crippen molar-refractivity contribution >= 4 is 40.6 Å². The molecule has 12 heteroatoms. The van der Waals surface area contributed by atoms with E-state index in [0.717, 1.165) is 49.7 Å². The van der Waals surface area contributed by atoms with E-state index in [4.69, 9.17) is 4.74 Å². The van der Waals surface area contributed by atoms with Gasteiger partial charge in [-0.3, -0.25) is 19.6 Å². The van der Waals surface area contributed by atoms with Crippen LogP contribution in [0.5, 0.6) is 5.75 Å². The van der Waals surface area contributed by atoms with Crippen molar-refractivity contribution in [2.24, 2.45) is 0 Å². The van der Waals surface area contributed by atoms with Crippen LogP contribution in [0.15, 0.2) is 42.7 Å². The van der Waals surface area contributed by atoms with E-state index in [-0.39, 0.29) is 23.9 Å². The van der Waals surface area contributed by atoms with Gasteiger partial charge in [0.2, 0.25) is 0 Å². The number of carbonyl (C=O) groups is 2. The molecule has 37 heavy (non-hydrogen) atoms. The second-order valence-corrected chi connectivity index (χ2v) is 10.4. The number of methoxy groups -OCH3 is 1. The highest BCUT2D eigenvalue weighted by molar-refractivity contribution is 8.01. The number of hydrogen-bond donors (Lipinski definition) is 3. The van der Waals surface area contributed by atoms with Gasteiger partial charge in [0.15, 0.2) is 5.78 Å². The number of thioether (sulfide) groups is 1. The largest absolute Gasteiger partial charge is 0.497 e. The third kappa shape index (κ3) is 5.61. The van der Waals surface area contributed by atoms with Crippen molar-refractivity contribution in [3.63, 3.8) is 0 Å². The van der Waals surface area contributed by atoms with Crippen LogP contribution in [0, 0.1) is 0 Å². The monoisotopic (exact) mass is 526 g/mol. The third-order valence-corrected chi connectivity index (χ3v) is 8.27. The van der Waals surface area contributed by atoms with Crippen molar-refractivity contribution in [2.75, 3.05) is 75.1 Å². The van der Waals surface area contributed by atoms with Crippen LogP contribution in [-0.4, -0.2) is 97.5 Å². The number of pyridine rings is 1. The first-order chi connectivity index (χ1) is 18.0. The van der Waals surface area contributed by atoms with Crippen LogP contribution in [0.1, 0.15) is 6.42 Å². The second kappa shape index (κ2) is 11.5. The summed E-state index contributed by atoms with van der Waals surface area (Å²) in [6.07, 6.45) is 4.39. The van der Waals surface area contributed by atoms with E-state index in [9.17, 15) is 9.59 Å². The van der Waals surface area contributed by atoms with Crippen molar-refractivity contribution in [3.8, 4) is 5.75 Å². The van der Waals surface area contributed by atoms with Gasteiger partial charge in [0, 0.05) is 64.3 Å². The minimum Gasteiger partial charge on any atom is -0.497 e. The third-order valence-electron chi connectivity index (χ3n) is 6.81. The first-order valence-corrected chi connectivity index (χ1v) is 13.5. The number of piperazine rings is 1. The minimum atomic E-state index is -0.420. The number of carbonyl (C=O) groups excluding carboxylic acids is 2. The Balaban J connectivity index is 1.21. The highest BCUT2D eigenvalue weighted by atomic mass is 32.2. The van der Waals surface area contributed by atoms with Gasteiger partial charge in [0.05, 0.1) is 31.2 Å². The maximum atomic E-state index is 13.4. The van der Waals surface area contributed by atoms with E-state index in [2.05, 4.69) is 25.9 Å². The van der Waals surface area contributed by atoms with Gasteiger partial charge in [-0.1, -0.05) is 17.8 Å². The predicted octanol–water partition coefficient (Wildman–Crippen LogP) is 1.61. The molecule has 4 heterocycles. The fourth-order valence-corrected chi connectivity index (χ4v) is 6.17. The lowest BCUT2D eigenvalue weighted by atomic mass is 10.2. The quantitative estimate of drug-likeness (QED) is 0.470. The Labute approximate surface area is 221 Å². The maximum absolute atomic E-state index is 13.4. The molecule has 198 valence electrons. The number of nitrogens with one attached hydrogen (secondary N) is 3. The van der Waals surface area contributed by atoms with Gasteiger partial charge < -0.3 is 20.3 Å². The molecule has 3 saturated heterocycles. The van der Waals surface area contributed by atoms with Crippen molar-refractivity contribution in [2.45, 2.75) is 17.3 Å². The number of ether oxygens (including phenoxy) is 1. The molecule has 0 aliphatic carbocycles. The highest BCUT2D eigenvalue weighted by Crippen LogP contribution is 2.33. The van der Waals surface area contributed by atoms with Gasteiger partial charge in [-0.15, -0.1) is 0 Å². The molecule has 0 saturated carbocycles. The van der Waals surface area contributed by atoms with E-state index in [1.165, 1.54) is 11.8 Å². The molecule has 2 atom stereocenters. The average Bonchev–Trinajstić information content (AvgIpc) is 3.33. The summed E-state index contributed by atoms with van der Waals surface area (Å²) in [6, 6.07) is 9.43. The molecule has 2 aromatic rings. The van der Waals surface area contributed by atoms with Crippen LogP contribution in [0.25, 0.3) is 0 Å². The zero-order valence-electron chi connectivity index (χ0n) is 21.2. The normalized spacial score (nSPS) is 22.9. The molecule has 0 bridgehead atoms. The van der Waals surface area contributed by atoms with Gasteiger partial charge in [-0.25, -0.2) is 15.2 Å². The number of amides is 2. The van der Waals surface area contributed by atoms with Gasteiger partial charge >= 0.3 is 6.03 Å². The van der Waals surface area contributed by atoms with E-state index in [1.807, 2.05) is 37.4 Å². The zero-order valence-corrected chi connectivity index (χ0v) is 22.0. The summed E-state index contributed by atoms with van der Waals surface area (Å²) >= 11 is 1.45. The molecule has 2 amide bonds. The molecule has 5 rings (SSSR count). The predicted molar refractivity (Wildman–Crippen MR) is 146 cm³/mol. The molecule has 11 nitrogen and oxygen atoms in total. The number of anilines is 3. The fraction of sp³-hybridized carbons (Fsp3) is 0.480. The molecule has 1 aromatic heterocycles. The van der Waals surface area contributed by atoms with Crippen molar-refractivity contribution < 1.29 is 14.3 Å². The summed E-state index contributed by atoms with van der Waals surface area (Å²) in [6.45, 7) is 5.13. The molecule has 0 spiro atoms. The van der Waals surface area contributed by atoms with Crippen LogP contribution >= 0.6 is 11.8 Å². The van der Waals surface area contributed by atoms with Gasteiger partial charge in [-0.05, 0) is 24.6 Å². The van der Waals surface area contributed by atoms with E-state index in [1.54, 1.807) is 34.3 Å². The zero-order chi connectivity index (χ0) is 25.8. The number of rotatable bonds is 8. The first-order valence-electron chi connectivity index (χ1n) is 12.6. The average molecular weight is 527 g/mol. The molecular formula is C25H34N8O3S. The number of ketones is 1. The van der Waals surface area contributed by atoms with E-state index >= 15 is 0 Å².